The lowest BCUT2D eigenvalue weighted by molar-refractivity contribution is -0.117. The number of amides is 2. The van der Waals surface area contributed by atoms with Crippen LogP contribution in [0.2, 0.25) is 0 Å². The normalized spacial score (nSPS) is 13.0. The topological polar surface area (TPSA) is 62.3 Å². The lowest BCUT2D eigenvalue weighted by Crippen LogP contribution is -2.20. The second-order valence-electron chi connectivity index (χ2n) is 6.69. The first kappa shape index (κ1) is 17.4. The molecule has 5 nitrogen and oxygen atoms in total. The first-order chi connectivity index (χ1) is 13.0. The molecule has 1 N–H and O–H groups in total. The van der Waals surface area contributed by atoms with Gasteiger partial charge in [-0.3, -0.25) is 9.59 Å². The number of hydrogen-bond acceptors (Lipinski definition) is 4. The number of benzene rings is 2. The Kier molecular flexibility index (Phi) is 4.49. The molecular formula is C21H19N3O2S. The number of fused-ring (bicyclic) bond motifs is 1. The van der Waals surface area contributed by atoms with E-state index in [1.165, 1.54) is 11.3 Å². The van der Waals surface area contributed by atoms with Crippen molar-refractivity contribution in [3.8, 4) is 11.3 Å². The van der Waals surface area contributed by atoms with E-state index in [1.54, 1.807) is 11.9 Å². The number of nitrogens with one attached hydrogen (secondary N) is 1. The van der Waals surface area contributed by atoms with Crippen molar-refractivity contribution in [1.82, 2.24) is 4.98 Å². The molecule has 0 fully saturated rings. The highest BCUT2D eigenvalue weighted by Gasteiger charge is 2.24. The van der Waals surface area contributed by atoms with E-state index in [1.807, 2.05) is 54.8 Å². The van der Waals surface area contributed by atoms with Gasteiger partial charge in [0.2, 0.25) is 11.8 Å². The number of rotatable bonds is 4. The molecule has 4 rings (SSSR count). The van der Waals surface area contributed by atoms with E-state index in [9.17, 15) is 9.59 Å². The highest BCUT2D eigenvalue weighted by atomic mass is 32.1. The fraction of sp³-hybridized carbons (Fsp3) is 0.190. The number of hydrogen-bond donors (Lipinski definition) is 1. The van der Waals surface area contributed by atoms with Crippen molar-refractivity contribution in [2.45, 2.75) is 19.8 Å². The summed E-state index contributed by atoms with van der Waals surface area (Å²) in [7, 11) is 1.79. The maximum atomic E-state index is 12.3. The van der Waals surface area contributed by atoms with Gasteiger partial charge in [0.05, 0.1) is 18.5 Å². The predicted octanol–water partition coefficient (Wildman–Crippen LogP) is 3.82. The van der Waals surface area contributed by atoms with E-state index in [0.717, 1.165) is 38.8 Å². The van der Waals surface area contributed by atoms with E-state index in [4.69, 9.17) is 0 Å². The largest absolute Gasteiger partial charge is 0.326 e. The summed E-state index contributed by atoms with van der Waals surface area (Å²) in [4.78, 5) is 30.4. The summed E-state index contributed by atoms with van der Waals surface area (Å²) in [6.07, 6.45) is 0.667. The number of carbonyl (C=O) groups excluding carboxylic acids is 2. The van der Waals surface area contributed by atoms with Gasteiger partial charge < -0.3 is 10.2 Å². The summed E-state index contributed by atoms with van der Waals surface area (Å²) < 4.78 is 0. The molecule has 136 valence electrons. The van der Waals surface area contributed by atoms with Crippen LogP contribution >= 0.6 is 11.3 Å². The van der Waals surface area contributed by atoms with Crippen molar-refractivity contribution in [3.63, 3.8) is 0 Å². The third-order valence-corrected chi connectivity index (χ3v) is 5.50. The number of nitrogens with zero attached hydrogens (tertiary/aromatic N) is 2. The third kappa shape index (κ3) is 3.61. The molecule has 1 aromatic heterocycles. The summed E-state index contributed by atoms with van der Waals surface area (Å²) in [5.41, 5.74) is 5.72. The molecule has 27 heavy (non-hydrogen) atoms. The molecule has 1 aliphatic heterocycles. The van der Waals surface area contributed by atoms with E-state index in [2.05, 4.69) is 10.3 Å². The maximum absolute atomic E-state index is 12.3. The quantitative estimate of drug-likeness (QED) is 0.752. The second kappa shape index (κ2) is 6.96. The van der Waals surface area contributed by atoms with Crippen molar-refractivity contribution in [2.24, 2.45) is 0 Å². The number of thiazole rings is 1. The first-order valence-corrected chi connectivity index (χ1v) is 9.58. The van der Waals surface area contributed by atoms with Gasteiger partial charge in [-0.2, -0.15) is 0 Å². The van der Waals surface area contributed by atoms with Gasteiger partial charge in [0, 0.05) is 29.4 Å². The smallest absolute Gasteiger partial charge is 0.231 e. The van der Waals surface area contributed by atoms with Gasteiger partial charge in [-0.05, 0) is 36.8 Å². The molecule has 1 aliphatic rings. The second-order valence-corrected chi connectivity index (χ2v) is 7.63. The van der Waals surface area contributed by atoms with Crippen molar-refractivity contribution in [1.29, 1.82) is 0 Å². The van der Waals surface area contributed by atoms with Gasteiger partial charge in [-0.1, -0.05) is 23.8 Å². The molecule has 0 aliphatic carbocycles. The Bertz CT molecular complexity index is 1020. The molecule has 0 saturated heterocycles. The van der Waals surface area contributed by atoms with Crippen LogP contribution in [0.25, 0.3) is 11.3 Å². The highest BCUT2D eigenvalue weighted by molar-refractivity contribution is 7.10. The summed E-state index contributed by atoms with van der Waals surface area (Å²) in [6, 6.07) is 13.7. The van der Waals surface area contributed by atoms with E-state index in [0.29, 0.717) is 6.42 Å². The van der Waals surface area contributed by atoms with Crippen molar-refractivity contribution < 1.29 is 9.59 Å². The zero-order valence-electron chi connectivity index (χ0n) is 15.2. The Morgan fingerprint density at radius 3 is 2.78 bits per heavy atom. The first-order valence-electron chi connectivity index (χ1n) is 8.70. The van der Waals surface area contributed by atoms with Crippen LogP contribution in [0, 0.1) is 6.92 Å². The zero-order chi connectivity index (χ0) is 19.0. The summed E-state index contributed by atoms with van der Waals surface area (Å²) in [5.74, 6) is 0.0230. The Balaban J connectivity index is 1.46. The van der Waals surface area contributed by atoms with E-state index >= 15 is 0 Å². The molecule has 6 heteroatoms. The van der Waals surface area contributed by atoms with Crippen LogP contribution in [0.1, 0.15) is 16.1 Å². The van der Waals surface area contributed by atoms with Crippen LogP contribution in [-0.4, -0.2) is 23.8 Å². The fourth-order valence-electron chi connectivity index (χ4n) is 3.13. The molecule has 0 bridgehead atoms. The summed E-state index contributed by atoms with van der Waals surface area (Å²) in [5, 5.41) is 5.62. The summed E-state index contributed by atoms with van der Waals surface area (Å²) >= 11 is 1.47. The summed E-state index contributed by atoms with van der Waals surface area (Å²) in [6.45, 7) is 2.01. The van der Waals surface area contributed by atoms with Crippen molar-refractivity contribution in [3.05, 3.63) is 64.0 Å². The zero-order valence-corrected chi connectivity index (χ0v) is 16.0. The molecule has 3 aromatic rings. The fourth-order valence-corrected chi connectivity index (χ4v) is 3.94. The molecule has 2 aromatic carbocycles. The standard InChI is InChI=1S/C21H19N3O2S/c1-13-3-6-16(7-4-13)22-19(25)11-20-23-17(12-27-20)14-5-8-18-15(9-14)10-21(26)24(18)2/h3-9,12H,10-11H2,1-2H3,(H,22,25). The van der Waals surface area contributed by atoms with Crippen LogP contribution in [0.3, 0.4) is 0 Å². The van der Waals surface area contributed by atoms with E-state index < -0.39 is 0 Å². The van der Waals surface area contributed by atoms with Crippen LogP contribution in [0.15, 0.2) is 47.8 Å². The van der Waals surface area contributed by atoms with Gasteiger partial charge in [0.25, 0.3) is 0 Å². The lowest BCUT2D eigenvalue weighted by atomic mass is 10.1. The molecule has 0 unspecified atom stereocenters. The molecule has 0 atom stereocenters. The third-order valence-electron chi connectivity index (χ3n) is 4.65. The lowest BCUT2D eigenvalue weighted by Gasteiger charge is -2.09. The minimum atomic E-state index is -0.0825. The molecule has 2 amide bonds. The number of aryl methyl sites for hydroxylation is 1. The molecule has 0 spiro atoms. The number of anilines is 2. The molecule has 0 radical (unpaired) electrons. The SMILES string of the molecule is Cc1ccc(NC(=O)Cc2nc(-c3ccc4c(c3)CC(=O)N4C)cs2)cc1. The number of likely N-dealkylation sites (N-methyl/N-ethyl adjacent to an activating group) is 1. The van der Waals surface area contributed by atoms with Crippen LogP contribution in [-0.2, 0) is 22.4 Å². The van der Waals surface area contributed by atoms with Crippen LogP contribution in [0.5, 0.6) is 0 Å². The van der Waals surface area contributed by atoms with Crippen molar-refractivity contribution in [2.75, 3.05) is 17.3 Å². The van der Waals surface area contributed by atoms with Crippen molar-refractivity contribution >= 4 is 34.5 Å². The predicted molar refractivity (Wildman–Crippen MR) is 108 cm³/mol. The average Bonchev–Trinajstić information content (AvgIpc) is 3.21. The van der Waals surface area contributed by atoms with Gasteiger partial charge >= 0.3 is 0 Å². The minimum Gasteiger partial charge on any atom is -0.326 e. The van der Waals surface area contributed by atoms with Gasteiger partial charge in [-0.15, -0.1) is 11.3 Å². The number of carbonyl (C=O) groups is 2. The Hall–Kier alpha value is -2.99. The highest BCUT2D eigenvalue weighted by Crippen LogP contribution is 2.32. The van der Waals surface area contributed by atoms with Crippen LogP contribution in [0.4, 0.5) is 11.4 Å². The Labute approximate surface area is 161 Å². The van der Waals surface area contributed by atoms with Gasteiger partial charge in [0.15, 0.2) is 0 Å². The molecular weight excluding hydrogens is 358 g/mol. The average molecular weight is 377 g/mol. The van der Waals surface area contributed by atoms with E-state index in [-0.39, 0.29) is 18.2 Å². The van der Waals surface area contributed by atoms with Crippen LogP contribution < -0.4 is 10.2 Å². The maximum Gasteiger partial charge on any atom is 0.231 e. The Morgan fingerprint density at radius 2 is 2.00 bits per heavy atom. The molecule has 0 saturated carbocycles. The monoisotopic (exact) mass is 377 g/mol. The minimum absolute atomic E-state index is 0.0825. The number of aromatic nitrogens is 1. The van der Waals surface area contributed by atoms with Gasteiger partial charge in [0.1, 0.15) is 5.01 Å². The molecule has 2 heterocycles. The Morgan fingerprint density at radius 1 is 1.22 bits per heavy atom. The van der Waals surface area contributed by atoms with Gasteiger partial charge in [-0.25, -0.2) is 4.98 Å².